The third-order valence-electron chi connectivity index (χ3n) is 2.78. The second kappa shape index (κ2) is 9.37. The second-order valence-electron chi connectivity index (χ2n) is 4.33. The predicted molar refractivity (Wildman–Crippen MR) is 85.6 cm³/mol. The minimum atomic E-state index is -3.65. The van der Waals surface area contributed by atoms with Crippen molar-refractivity contribution in [1.82, 2.24) is 4.72 Å². The highest BCUT2D eigenvalue weighted by atomic mass is 35.5. The summed E-state index contributed by atoms with van der Waals surface area (Å²) in [5.74, 6) is -0.544. The number of hydrogen-bond donors (Lipinski definition) is 2. The number of methoxy groups -OCH3 is 1. The van der Waals surface area contributed by atoms with E-state index in [1.54, 1.807) is 0 Å². The van der Waals surface area contributed by atoms with Crippen LogP contribution in [0, 0.1) is 0 Å². The maximum Gasteiger partial charge on any atom is 0.348 e. The van der Waals surface area contributed by atoms with E-state index in [2.05, 4.69) is 9.46 Å². The number of esters is 1. The zero-order chi connectivity index (χ0) is 15.2. The van der Waals surface area contributed by atoms with Crippen molar-refractivity contribution in [2.45, 2.75) is 37.1 Å². The predicted octanol–water partition coefficient (Wildman–Crippen LogP) is 1.75. The smallest absolute Gasteiger partial charge is 0.348 e. The van der Waals surface area contributed by atoms with Crippen LogP contribution < -0.4 is 10.5 Å². The van der Waals surface area contributed by atoms with Gasteiger partial charge < -0.3 is 10.5 Å². The highest BCUT2D eigenvalue weighted by Crippen LogP contribution is 2.20. The Morgan fingerprint density at radius 3 is 2.71 bits per heavy atom. The maximum absolute atomic E-state index is 12.2. The third-order valence-corrected chi connectivity index (χ3v) is 5.34. The molecule has 6 nitrogen and oxygen atoms in total. The molecule has 1 aromatic heterocycles. The van der Waals surface area contributed by atoms with E-state index in [4.69, 9.17) is 5.73 Å². The molecule has 1 heterocycles. The Bertz CT molecular complexity index is 545. The van der Waals surface area contributed by atoms with E-state index in [0.717, 1.165) is 24.2 Å². The van der Waals surface area contributed by atoms with E-state index in [9.17, 15) is 13.2 Å². The molecule has 0 saturated carbocycles. The number of nitrogens with two attached hydrogens (primary N) is 1. The molecule has 0 radical (unpaired) electrons. The number of carbonyl (C=O) groups excluding carboxylic acids is 1. The summed E-state index contributed by atoms with van der Waals surface area (Å²) in [4.78, 5) is 11.6. The Hall–Kier alpha value is -0.670. The average Bonchev–Trinajstić information content (AvgIpc) is 2.93. The Morgan fingerprint density at radius 2 is 2.19 bits per heavy atom. The standard InChI is InChI=1S/C12H20N2O4S2.ClH/c1-3-4-5-9(7-13)14-20(16,17)10-6-11(19-8-10)12(15)18-2;/h6,8-9,14H,3-5,7,13H2,1-2H3;1H. The van der Waals surface area contributed by atoms with Crippen LogP contribution in [0.15, 0.2) is 16.3 Å². The first-order chi connectivity index (χ1) is 9.44. The van der Waals surface area contributed by atoms with Gasteiger partial charge in [-0.05, 0) is 12.5 Å². The van der Waals surface area contributed by atoms with Crippen LogP contribution in [0.4, 0.5) is 0 Å². The van der Waals surface area contributed by atoms with Crippen molar-refractivity contribution in [3.05, 3.63) is 16.3 Å². The fourth-order valence-electron chi connectivity index (χ4n) is 1.63. The molecule has 1 unspecified atom stereocenters. The molecule has 0 spiro atoms. The van der Waals surface area contributed by atoms with Gasteiger partial charge in [0.25, 0.3) is 0 Å². The molecule has 0 saturated heterocycles. The lowest BCUT2D eigenvalue weighted by Crippen LogP contribution is -2.39. The van der Waals surface area contributed by atoms with Gasteiger partial charge in [-0.3, -0.25) is 0 Å². The Kier molecular flexibility index (Phi) is 9.07. The lowest BCUT2D eigenvalue weighted by Gasteiger charge is -2.15. The summed E-state index contributed by atoms with van der Waals surface area (Å²) in [5.41, 5.74) is 5.58. The van der Waals surface area contributed by atoms with Crippen LogP contribution in [0.25, 0.3) is 0 Å². The number of rotatable bonds is 8. The van der Waals surface area contributed by atoms with E-state index < -0.39 is 16.0 Å². The Labute approximate surface area is 135 Å². The number of halogens is 1. The first-order valence-corrected chi connectivity index (χ1v) is 8.70. The molecular weight excluding hydrogens is 336 g/mol. The molecule has 0 aliphatic carbocycles. The zero-order valence-electron chi connectivity index (χ0n) is 12.0. The lowest BCUT2D eigenvalue weighted by molar-refractivity contribution is 0.0606. The SMILES string of the molecule is CCCCC(CN)NS(=O)(=O)c1csc(C(=O)OC)c1.Cl. The lowest BCUT2D eigenvalue weighted by atomic mass is 10.1. The molecule has 0 bridgehead atoms. The zero-order valence-corrected chi connectivity index (χ0v) is 14.4. The maximum atomic E-state index is 12.2. The van der Waals surface area contributed by atoms with Gasteiger partial charge in [0.2, 0.25) is 10.0 Å². The van der Waals surface area contributed by atoms with Gasteiger partial charge in [0, 0.05) is 18.0 Å². The van der Waals surface area contributed by atoms with Crippen LogP contribution in [0.5, 0.6) is 0 Å². The van der Waals surface area contributed by atoms with E-state index >= 15 is 0 Å². The highest BCUT2D eigenvalue weighted by molar-refractivity contribution is 7.89. The normalized spacial score (nSPS) is 12.5. The molecule has 3 N–H and O–H groups in total. The minimum Gasteiger partial charge on any atom is -0.465 e. The summed E-state index contributed by atoms with van der Waals surface area (Å²) in [7, 11) is -2.40. The fourth-order valence-corrected chi connectivity index (χ4v) is 4.10. The van der Waals surface area contributed by atoms with Crippen LogP contribution >= 0.6 is 23.7 Å². The number of hydrogen-bond acceptors (Lipinski definition) is 6. The van der Waals surface area contributed by atoms with Gasteiger partial charge in [0.05, 0.1) is 12.0 Å². The first-order valence-electron chi connectivity index (χ1n) is 6.33. The Morgan fingerprint density at radius 1 is 1.52 bits per heavy atom. The highest BCUT2D eigenvalue weighted by Gasteiger charge is 2.22. The summed E-state index contributed by atoms with van der Waals surface area (Å²) in [6, 6.07) is 1.02. The fraction of sp³-hybridized carbons (Fsp3) is 0.583. The summed E-state index contributed by atoms with van der Waals surface area (Å²) < 4.78 is 31.5. The number of ether oxygens (including phenoxy) is 1. The van der Waals surface area contributed by atoms with Gasteiger partial charge in [-0.15, -0.1) is 23.7 Å². The number of sulfonamides is 1. The third kappa shape index (κ3) is 5.91. The average molecular weight is 357 g/mol. The van der Waals surface area contributed by atoms with E-state index in [0.29, 0.717) is 6.42 Å². The number of unbranched alkanes of at least 4 members (excludes halogenated alkanes) is 1. The molecule has 9 heteroatoms. The number of nitrogens with one attached hydrogen (secondary N) is 1. The van der Waals surface area contributed by atoms with E-state index in [1.807, 2.05) is 6.92 Å². The summed E-state index contributed by atoms with van der Waals surface area (Å²) in [6.45, 7) is 2.27. The first kappa shape index (κ1) is 20.3. The van der Waals surface area contributed by atoms with Crippen molar-refractivity contribution in [2.24, 2.45) is 5.73 Å². The van der Waals surface area contributed by atoms with Crippen LogP contribution in [-0.2, 0) is 14.8 Å². The number of carbonyl (C=O) groups is 1. The van der Waals surface area contributed by atoms with Gasteiger partial charge in [0.15, 0.2) is 0 Å². The van der Waals surface area contributed by atoms with Crippen LogP contribution in [-0.4, -0.2) is 34.1 Å². The van der Waals surface area contributed by atoms with Gasteiger partial charge in [-0.25, -0.2) is 17.9 Å². The van der Waals surface area contributed by atoms with Gasteiger partial charge in [-0.1, -0.05) is 19.8 Å². The van der Waals surface area contributed by atoms with Crippen LogP contribution in [0.2, 0.25) is 0 Å². The molecular formula is C12H21ClN2O4S2. The molecule has 0 aliphatic rings. The van der Waals surface area contributed by atoms with Gasteiger partial charge >= 0.3 is 5.97 Å². The molecule has 122 valence electrons. The van der Waals surface area contributed by atoms with Crippen molar-refractivity contribution in [2.75, 3.05) is 13.7 Å². The van der Waals surface area contributed by atoms with Crippen molar-refractivity contribution < 1.29 is 17.9 Å². The largest absolute Gasteiger partial charge is 0.465 e. The number of thiophene rings is 1. The molecule has 0 fully saturated rings. The van der Waals surface area contributed by atoms with Gasteiger partial charge in [0.1, 0.15) is 4.88 Å². The van der Waals surface area contributed by atoms with Crippen molar-refractivity contribution in [1.29, 1.82) is 0 Å². The minimum absolute atomic E-state index is 0. The molecule has 21 heavy (non-hydrogen) atoms. The van der Waals surface area contributed by atoms with E-state index in [-0.39, 0.29) is 34.8 Å². The molecule has 1 rings (SSSR count). The monoisotopic (exact) mass is 356 g/mol. The molecule has 0 aliphatic heterocycles. The van der Waals surface area contributed by atoms with Crippen molar-refractivity contribution in [3.8, 4) is 0 Å². The summed E-state index contributed by atoms with van der Waals surface area (Å²) in [5, 5.41) is 1.42. The van der Waals surface area contributed by atoms with Crippen molar-refractivity contribution in [3.63, 3.8) is 0 Å². The molecule has 0 aromatic carbocycles. The summed E-state index contributed by atoms with van der Waals surface area (Å²) >= 11 is 1.04. The van der Waals surface area contributed by atoms with Crippen LogP contribution in [0.3, 0.4) is 0 Å². The summed E-state index contributed by atoms with van der Waals surface area (Å²) in [6.07, 6.45) is 2.57. The van der Waals surface area contributed by atoms with Crippen LogP contribution in [0.1, 0.15) is 35.9 Å². The van der Waals surface area contributed by atoms with E-state index in [1.165, 1.54) is 18.6 Å². The molecule has 1 aromatic rings. The second-order valence-corrected chi connectivity index (χ2v) is 6.96. The molecule has 0 amide bonds. The quantitative estimate of drug-likeness (QED) is 0.691. The van der Waals surface area contributed by atoms with Gasteiger partial charge in [-0.2, -0.15) is 0 Å². The topological polar surface area (TPSA) is 98.5 Å². The van der Waals surface area contributed by atoms with Crippen molar-refractivity contribution >= 4 is 39.7 Å². The molecule has 1 atom stereocenters. The Balaban J connectivity index is 0.00000400.